The van der Waals surface area contributed by atoms with Crippen molar-refractivity contribution in [3.63, 3.8) is 0 Å². The second-order valence-corrected chi connectivity index (χ2v) is 17.2. The Labute approximate surface area is 245 Å². The average Bonchev–Trinajstić information content (AvgIpc) is 3.23. The molecule has 11 heteroatoms. The molecule has 42 heavy (non-hydrogen) atoms. The van der Waals surface area contributed by atoms with E-state index in [1.54, 1.807) is 14.0 Å². The van der Waals surface area contributed by atoms with Crippen LogP contribution in [0.25, 0.3) is 0 Å². The van der Waals surface area contributed by atoms with E-state index in [-0.39, 0.29) is 11.3 Å². The fourth-order valence-corrected chi connectivity index (χ4v) is 12.2. The number of halogens is 5. The third-order valence-electron chi connectivity index (χ3n) is 11.4. The van der Waals surface area contributed by atoms with E-state index >= 15 is 8.78 Å². The average molecular weight is 613 g/mol. The molecule has 1 aromatic carbocycles. The maximum atomic E-state index is 15.1. The molecule has 0 unspecified atom stereocenters. The van der Waals surface area contributed by atoms with E-state index in [4.69, 9.17) is 14.1 Å². The van der Waals surface area contributed by atoms with E-state index in [0.717, 1.165) is 50.7 Å². The van der Waals surface area contributed by atoms with Crippen LogP contribution in [0.2, 0.25) is 13.1 Å². The Balaban J connectivity index is 1.55. The van der Waals surface area contributed by atoms with Gasteiger partial charge in [-0.25, -0.2) is 22.0 Å². The Bertz CT molecular complexity index is 1340. The fraction of sp³-hybridized carbons (Fsp3) is 0.677. The van der Waals surface area contributed by atoms with Gasteiger partial charge in [0.05, 0.1) is 11.4 Å². The lowest BCUT2D eigenvalue weighted by Crippen LogP contribution is -2.64. The van der Waals surface area contributed by atoms with Gasteiger partial charge in [-0.2, -0.15) is 0 Å². The molecule has 4 aliphatic carbocycles. The lowest BCUT2D eigenvalue weighted by molar-refractivity contribution is -0.0882. The Morgan fingerprint density at radius 3 is 2.07 bits per heavy atom. The van der Waals surface area contributed by atoms with Gasteiger partial charge in [-0.3, -0.25) is 0 Å². The Morgan fingerprint density at radius 1 is 0.833 bits per heavy atom. The Hall–Kier alpha value is -2.27. The summed E-state index contributed by atoms with van der Waals surface area (Å²) in [5.74, 6) is -8.64. The van der Waals surface area contributed by atoms with E-state index in [9.17, 15) is 13.2 Å². The zero-order valence-electron chi connectivity index (χ0n) is 25.5. The molecule has 3 fully saturated rings. The van der Waals surface area contributed by atoms with Crippen LogP contribution in [-0.4, -0.2) is 39.6 Å². The first-order valence-electron chi connectivity index (χ1n) is 14.8. The van der Waals surface area contributed by atoms with Gasteiger partial charge >= 0.3 is 0 Å². The van der Waals surface area contributed by atoms with Gasteiger partial charge in [0.2, 0.25) is 14.1 Å². The zero-order chi connectivity index (χ0) is 30.8. The summed E-state index contributed by atoms with van der Waals surface area (Å²) in [6, 6.07) is 0. The first-order valence-corrected chi connectivity index (χ1v) is 17.7. The number of allylic oxidation sites excluding steroid dienone is 2. The number of oxime groups is 2. The van der Waals surface area contributed by atoms with Crippen molar-refractivity contribution < 1.29 is 36.1 Å². The summed E-state index contributed by atoms with van der Waals surface area (Å²) in [6.07, 6.45) is 9.06. The number of hydrogen-bond acceptors (Lipinski definition) is 5. The van der Waals surface area contributed by atoms with Crippen LogP contribution in [0.3, 0.4) is 0 Å². The second-order valence-electron chi connectivity index (χ2n) is 13.5. The minimum atomic E-state index is -3.78. The summed E-state index contributed by atoms with van der Waals surface area (Å²) in [4.78, 5) is 10.2. The van der Waals surface area contributed by atoms with Gasteiger partial charge in [0, 0.05) is 10.6 Å². The summed E-state index contributed by atoms with van der Waals surface area (Å²) in [6.45, 7) is 9.31. The molecule has 1 aromatic rings. The van der Waals surface area contributed by atoms with Crippen LogP contribution >= 0.6 is 0 Å². The van der Waals surface area contributed by atoms with Gasteiger partial charge in [-0.1, -0.05) is 29.7 Å². The van der Waals surface area contributed by atoms with Crippen LogP contribution < -0.4 is 5.19 Å². The predicted octanol–water partition coefficient (Wildman–Crippen LogP) is 7.54. The zero-order valence-corrected chi connectivity index (χ0v) is 26.5. The number of fused-ring (bicyclic) bond motifs is 5. The summed E-state index contributed by atoms with van der Waals surface area (Å²) in [5.41, 5.74) is 1.40. The molecular formula is C31H41F5N2O3Si. The molecule has 0 bridgehead atoms. The van der Waals surface area contributed by atoms with Crippen molar-refractivity contribution in [2.45, 2.75) is 90.8 Å². The molecule has 0 saturated heterocycles. The molecule has 0 aliphatic heterocycles. The van der Waals surface area contributed by atoms with Crippen LogP contribution in [-0.2, 0) is 14.1 Å². The first-order chi connectivity index (χ1) is 19.7. The van der Waals surface area contributed by atoms with Crippen LogP contribution in [0.1, 0.15) is 72.1 Å². The third kappa shape index (κ3) is 4.39. The van der Waals surface area contributed by atoms with Crippen LogP contribution in [0.15, 0.2) is 22.0 Å². The van der Waals surface area contributed by atoms with Gasteiger partial charge in [-0.05, 0) is 101 Å². The molecule has 0 aromatic heterocycles. The van der Waals surface area contributed by atoms with Gasteiger partial charge in [0.1, 0.15) is 19.8 Å². The molecule has 0 N–H and O–H groups in total. The monoisotopic (exact) mass is 612 g/mol. The molecule has 0 radical (unpaired) electrons. The van der Waals surface area contributed by atoms with E-state index < -0.39 is 53.6 Å². The summed E-state index contributed by atoms with van der Waals surface area (Å²) in [5, 5.41) is 7.63. The number of nitrogens with zero attached hydrogens (tertiary/aromatic N) is 2. The highest BCUT2D eigenvalue weighted by Gasteiger charge is 2.67. The first kappa shape index (κ1) is 31.2. The topological polar surface area (TPSA) is 52.4 Å². The van der Waals surface area contributed by atoms with Crippen LogP contribution in [0.4, 0.5) is 22.0 Å². The maximum Gasteiger partial charge on any atom is 0.226 e. The molecule has 3 saturated carbocycles. The minimum absolute atomic E-state index is 0.0439. The summed E-state index contributed by atoms with van der Waals surface area (Å²) >= 11 is 0. The van der Waals surface area contributed by atoms with Gasteiger partial charge in [0.25, 0.3) is 0 Å². The Kier molecular flexibility index (Phi) is 7.95. The highest BCUT2D eigenvalue weighted by atomic mass is 28.4. The maximum absolute atomic E-state index is 15.1. The smallest absolute Gasteiger partial charge is 0.226 e. The van der Waals surface area contributed by atoms with Crippen molar-refractivity contribution in [1.29, 1.82) is 0 Å². The van der Waals surface area contributed by atoms with Crippen LogP contribution in [0, 0.1) is 57.7 Å². The van der Waals surface area contributed by atoms with Gasteiger partial charge < -0.3 is 14.1 Å². The molecule has 6 atom stereocenters. The van der Waals surface area contributed by atoms with Gasteiger partial charge in [-0.15, -0.1) is 0 Å². The molecule has 0 amide bonds. The minimum Gasteiger partial charge on any atom is -0.401 e. The molecule has 232 valence electrons. The van der Waals surface area contributed by atoms with Crippen molar-refractivity contribution >= 4 is 24.9 Å². The third-order valence-corrected chi connectivity index (χ3v) is 13.9. The predicted molar refractivity (Wildman–Crippen MR) is 153 cm³/mol. The van der Waals surface area contributed by atoms with Crippen molar-refractivity contribution in [2.24, 2.45) is 38.9 Å². The van der Waals surface area contributed by atoms with E-state index in [1.807, 2.05) is 0 Å². The van der Waals surface area contributed by atoms with Crippen molar-refractivity contribution in [3.05, 3.63) is 40.7 Å². The lowest BCUT2D eigenvalue weighted by atomic mass is 9.46. The standard InChI is InChI=1S/C31H41F5N2O3Si/c1-17(37-39-4)31(41-42(6,7)28-26(35)24(33)23(32)25(34)27(28)36)15-12-22-20-9-8-18-16-19(38-40-5)10-13-29(18,2)21(20)11-14-30(22,31)3/h16,20-22H,8-15H2,1-7H3/b37-17+,38-19+/t20-,21+,22+,29+,30+,31+/m1/s1. The summed E-state index contributed by atoms with van der Waals surface area (Å²) < 4.78 is 79.7. The van der Waals surface area contributed by atoms with Crippen molar-refractivity contribution in [3.8, 4) is 0 Å². The molecular weight excluding hydrogens is 571 g/mol. The quantitative estimate of drug-likeness (QED) is 0.0833. The van der Waals surface area contributed by atoms with Crippen molar-refractivity contribution in [2.75, 3.05) is 14.2 Å². The van der Waals surface area contributed by atoms with Crippen LogP contribution in [0.5, 0.6) is 0 Å². The Morgan fingerprint density at radius 2 is 1.45 bits per heavy atom. The van der Waals surface area contributed by atoms with E-state index in [1.165, 1.54) is 25.8 Å². The number of benzene rings is 1. The number of rotatable bonds is 6. The highest BCUT2D eigenvalue weighted by molar-refractivity contribution is 6.84. The lowest BCUT2D eigenvalue weighted by Gasteiger charge is -2.60. The van der Waals surface area contributed by atoms with E-state index in [0.29, 0.717) is 24.0 Å². The SMILES string of the molecule is CO/N=C1/C=C2CC[C@@H]3[C@H](CC[C@@]4(C)[C@H]3CC[C@]4(O[Si](C)(C)c3c(F)c(F)c(F)c(F)c3F)/C(C)=N/OC)[C@@]2(C)CC1. The summed E-state index contributed by atoms with van der Waals surface area (Å²) in [7, 11) is -0.783. The van der Waals surface area contributed by atoms with Gasteiger partial charge in [0.15, 0.2) is 23.3 Å². The molecule has 4 aliphatic rings. The fourth-order valence-electron chi connectivity index (χ4n) is 9.43. The largest absolute Gasteiger partial charge is 0.401 e. The molecule has 5 nitrogen and oxygen atoms in total. The number of hydrogen-bond donors (Lipinski definition) is 0. The molecule has 5 rings (SSSR count). The van der Waals surface area contributed by atoms with E-state index in [2.05, 4.69) is 30.2 Å². The van der Waals surface area contributed by atoms with Crippen molar-refractivity contribution in [1.82, 2.24) is 0 Å². The second kappa shape index (κ2) is 10.7. The highest BCUT2D eigenvalue weighted by Crippen LogP contribution is 2.68. The normalized spacial score (nSPS) is 35.8. The molecule has 0 heterocycles. The molecule has 0 spiro atoms.